The smallest absolute Gasteiger partial charge is 0.302 e. The van der Waals surface area contributed by atoms with Gasteiger partial charge in [-0.1, -0.05) is 18.2 Å². The molecule has 0 unspecified atom stereocenters. The first-order valence-electron chi connectivity index (χ1n) is 6.77. The van der Waals surface area contributed by atoms with E-state index in [0.29, 0.717) is 25.1 Å². The van der Waals surface area contributed by atoms with Crippen molar-refractivity contribution < 1.29 is 21.6 Å². The zero-order valence-corrected chi connectivity index (χ0v) is 13.7. The van der Waals surface area contributed by atoms with Crippen molar-refractivity contribution in [3.63, 3.8) is 0 Å². The van der Waals surface area contributed by atoms with E-state index in [2.05, 4.69) is 0 Å². The predicted octanol–water partition coefficient (Wildman–Crippen LogP) is 2.42. The molecule has 0 aromatic heterocycles. The van der Waals surface area contributed by atoms with E-state index in [-0.39, 0.29) is 5.75 Å². The molecule has 0 aliphatic rings. The quantitative estimate of drug-likeness (QED) is 0.767. The van der Waals surface area contributed by atoms with Crippen LogP contribution in [0.3, 0.4) is 0 Å². The summed E-state index contributed by atoms with van der Waals surface area (Å²) in [6.07, 6.45) is -3.93. The van der Waals surface area contributed by atoms with Crippen molar-refractivity contribution in [2.75, 3.05) is 33.4 Å². The van der Waals surface area contributed by atoms with Crippen LogP contribution in [-0.2, 0) is 22.7 Å². The molecule has 22 heavy (non-hydrogen) atoms. The van der Waals surface area contributed by atoms with E-state index in [1.165, 1.54) is 24.5 Å². The molecular formula is C14H21F3N2O2S. The zero-order valence-electron chi connectivity index (χ0n) is 12.9. The van der Waals surface area contributed by atoms with E-state index in [1.807, 2.05) is 0 Å². The van der Waals surface area contributed by atoms with Crippen LogP contribution in [0.2, 0.25) is 0 Å². The average Bonchev–Trinajstić information content (AvgIpc) is 2.37. The van der Waals surface area contributed by atoms with Gasteiger partial charge in [-0.3, -0.25) is 0 Å². The van der Waals surface area contributed by atoms with E-state index in [9.17, 15) is 21.6 Å². The van der Waals surface area contributed by atoms with Crippen LogP contribution in [0, 0.1) is 0 Å². The first kappa shape index (κ1) is 18.9. The topological polar surface area (TPSA) is 40.6 Å². The number of halogens is 3. The van der Waals surface area contributed by atoms with Gasteiger partial charge in [0.1, 0.15) is 0 Å². The maximum Gasteiger partial charge on any atom is 0.416 e. The Balaban J connectivity index is 2.54. The molecule has 126 valence electrons. The first-order chi connectivity index (χ1) is 10.0. The minimum Gasteiger partial charge on any atom is -0.302 e. The van der Waals surface area contributed by atoms with Crippen molar-refractivity contribution in [3.8, 4) is 0 Å². The molecule has 1 aromatic rings. The minimum atomic E-state index is -4.35. The summed E-state index contributed by atoms with van der Waals surface area (Å²) in [4.78, 5) is 1.81. The molecule has 0 amide bonds. The van der Waals surface area contributed by atoms with Crippen LogP contribution in [0.15, 0.2) is 24.3 Å². The standard InChI is InChI=1S/C14H21F3N2O2S/c1-18(2)22(20,21)9-5-8-19(3)11-12-6-4-7-13(10-12)14(15,16)17/h4,6-7,10H,5,8-9,11H2,1-3H3. The van der Waals surface area contributed by atoms with Gasteiger partial charge in [0.2, 0.25) is 10.0 Å². The lowest BCUT2D eigenvalue weighted by atomic mass is 10.1. The summed E-state index contributed by atoms with van der Waals surface area (Å²) in [6, 6.07) is 5.16. The van der Waals surface area contributed by atoms with Gasteiger partial charge in [-0.05, 0) is 31.6 Å². The van der Waals surface area contributed by atoms with Crippen molar-refractivity contribution >= 4 is 10.0 Å². The highest BCUT2D eigenvalue weighted by Gasteiger charge is 2.30. The molecule has 4 nitrogen and oxygen atoms in total. The Hall–Kier alpha value is -1.12. The third-order valence-electron chi connectivity index (χ3n) is 3.21. The fourth-order valence-electron chi connectivity index (χ4n) is 1.94. The second-order valence-electron chi connectivity index (χ2n) is 5.39. The summed E-state index contributed by atoms with van der Waals surface area (Å²) >= 11 is 0. The molecule has 0 aliphatic carbocycles. The van der Waals surface area contributed by atoms with Crippen molar-refractivity contribution in [2.24, 2.45) is 0 Å². The van der Waals surface area contributed by atoms with Gasteiger partial charge in [0.15, 0.2) is 0 Å². The van der Waals surface area contributed by atoms with Crippen molar-refractivity contribution in [2.45, 2.75) is 19.1 Å². The number of sulfonamides is 1. The molecule has 0 radical (unpaired) electrons. The predicted molar refractivity (Wildman–Crippen MR) is 79.9 cm³/mol. The third kappa shape index (κ3) is 5.94. The normalized spacial score (nSPS) is 13.1. The molecule has 1 rings (SSSR count). The summed E-state index contributed by atoms with van der Waals surface area (Å²) in [5.74, 6) is 0.0208. The van der Waals surface area contributed by atoms with Crippen molar-refractivity contribution in [1.82, 2.24) is 9.21 Å². The van der Waals surface area contributed by atoms with Crippen LogP contribution in [0.25, 0.3) is 0 Å². The lowest BCUT2D eigenvalue weighted by Crippen LogP contribution is -2.28. The Labute approximate surface area is 129 Å². The Morgan fingerprint density at radius 2 is 1.77 bits per heavy atom. The second-order valence-corrected chi connectivity index (χ2v) is 7.69. The summed E-state index contributed by atoms with van der Waals surface area (Å²) < 4.78 is 62.3. The van der Waals surface area contributed by atoms with Gasteiger partial charge >= 0.3 is 6.18 Å². The molecule has 0 saturated carbocycles. The fraction of sp³-hybridized carbons (Fsp3) is 0.571. The van der Waals surface area contributed by atoms with Gasteiger partial charge in [0.05, 0.1) is 11.3 Å². The van der Waals surface area contributed by atoms with Gasteiger partial charge < -0.3 is 4.90 Å². The summed E-state index contributed by atoms with van der Waals surface area (Å²) in [6.45, 7) is 0.829. The highest BCUT2D eigenvalue weighted by molar-refractivity contribution is 7.89. The molecule has 0 spiro atoms. The van der Waals surface area contributed by atoms with Crippen LogP contribution in [0.4, 0.5) is 13.2 Å². The lowest BCUT2D eigenvalue weighted by molar-refractivity contribution is -0.137. The van der Waals surface area contributed by atoms with Crippen LogP contribution in [0.5, 0.6) is 0 Å². The third-order valence-corrected chi connectivity index (χ3v) is 5.12. The molecule has 0 saturated heterocycles. The lowest BCUT2D eigenvalue weighted by Gasteiger charge is -2.18. The van der Waals surface area contributed by atoms with Crippen LogP contribution >= 0.6 is 0 Å². The Bertz CT molecular complexity index is 586. The molecule has 0 bridgehead atoms. The van der Waals surface area contributed by atoms with E-state index in [1.54, 1.807) is 18.0 Å². The molecule has 0 heterocycles. The largest absolute Gasteiger partial charge is 0.416 e. The maximum atomic E-state index is 12.6. The second kappa shape index (κ2) is 7.43. The van der Waals surface area contributed by atoms with Gasteiger partial charge in [-0.25, -0.2) is 12.7 Å². The number of benzene rings is 1. The molecule has 8 heteroatoms. The highest BCUT2D eigenvalue weighted by Crippen LogP contribution is 2.29. The van der Waals surface area contributed by atoms with Gasteiger partial charge in [-0.2, -0.15) is 13.2 Å². The molecule has 0 aliphatic heterocycles. The Kier molecular flexibility index (Phi) is 6.39. The molecular weight excluding hydrogens is 317 g/mol. The van der Waals surface area contributed by atoms with Crippen molar-refractivity contribution in [3.05, 3.63) is 35.4 Å². The van der Waals surface area contributed by atoms with E-state index >= 15 is 0 Å². The van der Waals surface area contributed by atoms with E-state index in [4.69, 9.17) is 0 Å². The Morgan fingerprint density at radius 3 is 2.32 bits per heavy atom. The van der Waals surface area contributed by atoms with E-state index < -0.39 is 21.8 Å². The SMILES string of the molecule is CN(CCCS(=O)(=O)N(C)C)Cc1cccc(C(F)(F)F)c1. The van der Waals surface area contributed by atoms with Gasteiger partial charge in [0, 0.05) is 20.6 Å². The summed E-state index contributed by atoms with van der Waals surface area (Å²) in [7, 11) is 1.47. The monoisotopic (exact) mass is 338 g/mol. The molecule has 1 aromatic carbocycles. The fourth-order valence-corrected chi connectivity index (χ4v) is 2.80. The minimum absolute atomic E-state index is 0.0208. The van der Waals surface area contributed by atoms with E-state index in [0.717, 1.165) is 12.1 Å². The highest BCUT2D eigenvalue weighted by atomic mass is 32.2. The Morgan fingerprint density at radius 1 is 1.14 bits per heavy atom. The number of hydrogen-bond donors (Lipinski definition) is 0. The average molecular weight is 338 g/mol. The zero-order chi connectivity index (χ0) is 17.0. The molecule has 0 fully saturated rings. The molecule has 0 N–H and O–H groups in total. The number of hydrogen-bond acceptors (Lipinski definition) is 3. The van der Waals surface area contributed by atoms with Crippen LogP contribution < -0.4 is 0 Å². The van der Waals surface area contributed by atoms with Crippen molar-refractivity contribution in [1.29, 1.82) is 0 Å². The number of alkyl halides is 3. The first-order valence-corrected chi connectivity index (χ1v) is 8.38. The number of rotatable bonds is 7. The van der Waals surface area contributed by atoms with Gasteiger partial charge in [0.25, 0.3) is 0 Å². The van der Waals surface area contributed by atoms with Crippen LogP contribution in [0.1, 0.15) is 17.5 Å². The number of nitrogens with zero attached hydrogens (tertiary/aromatic N) is 2. The van der Waals surface area contributed by atoms with Gasteiger partial charge in [-0.15, -0.1) is 0 Å². The molecule has 0 atom stereocenters. The summed E-state index contributed by atoms with van der Waals surface area (Å²) in [5.41, 5.74) is -0.124. The maximum absolute atomic E-state index is 12.6. The van der Waals surface area contributed by atoms with Crippen LogP contribution in [-0.4, -0.2) is 51.1 Å². The summed E-state index contributed by atoms with van der Waals surface area (Å²) in [5, 5.41) is 0.